The molecular formula is C11H15F2NO. The van der Waals surface area contributed by atoms with Crippen molar-refractivity contribution in [1.29, 1.82) is 0 Å². The quantitative estimate of drug-likeness (QED) is 0.809. The van der Waals surface area contributed by atoms with Gasteiger partial charge in [0, 0.05) is 11.6 Å². The van der Waals surface area contributed by atoms with Gasteiger partial charge in [-0.2, -0.15) is 0 Å². The minimum Gasteiger partial charge on any atom is -0.508 e. The maximum atomic E-state index is 12.0. The number of aromatic hydroxyl groups is 1. The minimum absolute atomic E-state index is 0.134. The van der Waals surface area contributed by atoms with Crippen LogP contribution in [0.15, 0.2) is 18.2 Å². The monoisotopic (exact) mass is 215 g/mol. The summed E-state index contributed by atoms with van der Waals surface area (Å²) in [6, 6.07) is 4.86. The summed E-state index contributed by atoms with van der Waals surface area (Å²) in [5, 5.41) is 12.2. The number of nitrogens with one attached hydrogen (secondary N) is 1. The lowest BCUT2D eigenvalue weighted by molar-refractivity contribution is 0.142. The van der Waals surface area contributed by atoms with Gasteiger partial charge in [-0.25, -0.2) is 8.78 Å². The first kappa shape index (κ1) is 11.9. The van der Waals surface area contributed by atoms with Gasteiger partial charge in [-0.1, -0.05) is 17.7 Å². The second-order valence-corrected chi connectivity index (χ2v) is 3.58. The molecule has 84 valence electrons. The number of aryl methyl sites for hydroxylation is 1. The van der Waals surface area contributed by atoms with E-state index >= 15 is 0 Å². The van der Waals surface area contributed by atoms with Crippen molar-refractivity contribution >= 4 is 0 Å². The minimum atomic E-state index is -2.38. The number of hydrogen-bond acceptors (Lipinski definition) is 2. The number of rotatable bonds is 4. The van der Waals surface area contributed by atoms with E-state index in [4.69, 9.17) is 0 Å². The van der Waals surface area contributed by atoms with E-state index in [0.29, 0.717) is 5.56 Å². The van der Waals surface area contributed by atoms with Crippen molar-refractivity contribution in [3.05, 3.63) is 29.3 Å². The van der Waals surface area contributed by atoms with E-state index in [2.05, 4.69) is 5.32 Å². The predicted molar refractivity (Wildman–Crippen MR) is 55.3 cm³/mol. The smallest absolute Gasteiger partial charge is 0.250 e. The van der Waals surface area contributed by atoms with Crippen LogP contribution >= 0.6 is 0 Å². The summed E-state index contributed by atoms with van der Waals surface area (Å²) in [6.07, 6.45) is -2.38. The van der Waals surface area contributed by atoms with Crippen LogP contribution in [-0.4, -0.2) is 18.1 Å². The summed E-state index contributed by atoms with van der Waals surface area (Å²) in [6.45, 7) is 3.27. The van der Waals surface area contributed by atoms with Gasteiger partial charge in [0.25, 0.3) is 6.43 Å². The molecule has 0 spiro atoms. The Hall–Kier alpha value is -1.16. The molecule has 0 bridgehead atoms. The highest BCUT2D eigenvalue weighted by Gasteiger charge is 2.12. The fraction of sp³-hybridized carbons (Fsp3) is 0.455. The van der Waals surface area contributed by atoms with E-state index in [1.165, 1.54) is 0 Å². The maximum absolute atomic E-state index is 12.0. The highest BCUT2D eigenvalue weighted by Crippen LogP contribution is 2.24. The third-order valence-electron chi connectivity index (χ3n) is 2.23. The van der Waals surface area contributed by atoms with Crippen LogP contribution in [0.1, 0.15) is 24.1 Å². The molecule has 0 radical (unpaired) electrons. The summed E-state index contributed by atoms with van der Waals surface area (Å²) >= 11 is 0. The lowest BCUT2D eigenvalue weighted by Gasteiger charge is -2.15. The van der Waals surface area contributed by atoms with Gasteiger partial charge >= 0.3 is 0 Å². The molecule has 15 heavy (non-hydrogen) atoms. The zero-order valence-electron chi connectivity index (χ0n) is 8.80. The van der Waals surface area contributed by atoms with E-state index in [-0.39, 0.29) is 18.3 Å². The van der Waals surface area contributed by atoms with Gasteiger partial charge in [0.1, 0.15) is 5.75 Å². The molecule has 1 aromatic carbocycles. The van der Waals surface area contributed by atoms with Crippen LogP contribution in [-0.2, 0) is 0 Å². The second kappa shape index (κ2) is 5.07. The zero-order valence-corrected chi connectivity index (χ0v) is 8.80. The van der Waals surface area contributed by atoms with Crippen molar-refractivity contribution in [3.63, 3.8) is 0 Å². The van der Waals surface area contributed by atoms with Crippen molar-refractivity contribution in [2.24, 2.45) is 0 Å². The Morgan fingerprint density at radius 1 is 1.40 bits per heavy atom. The molecule has 0 aliphatic heterocycles. The first-order valence-corrected chi connectivity index (χ1v) is 4.81. The molecule has 0 aliphatic carbocycles. The van der Waals surface area contributed by atoms with Gasteiger partial charge < -0.3 is 10.4 Å². The van der Waals surface area contributed by atoms with Crippen LogP contribution in [0.5, 0.6) is 5.75 Å². The molecule has 2 N–H and O–H groups in total. The van der Waals surface area contributed by atoms with E-state index in [0.717, 1.165) is 5.56 Å². The molecule has 2 nitrogen and oxygen atoms in total. The number of phenolic OH excluding ortho intramolecular Hbond substituents is 1. The van der Waals surface area contributed by atoms with Crippen LogP contribution in [0.4, 0.5) is 8.78 Å². The maximum Gasteiger partial charge on any atom is 0.250 e. The highest BCUT2D eigenvalue weighted by molar-refractivity contribution is 5.37. The van der Waals surface area contributed by atoms with Gasteiger partial charge in [-0.15, -0.1) is 0 Å². The van der Waals surface area contributed by atoms with E-state index in [1.807, 2.05) is 6.92 Å². The molecule has 4 heteroatoms. The van der Waals surface area contributed by atoms with Crippen molar-refractivity contribution in [2.45, 2.75) is 26.3 Å². The molecular weight excluding hydrogens is 200 g/mol. The van der Waals surface area contributed by atoms with Gasteiger partial charge in [0.05, 0.1) is 6.54 Å². The summed E-state index contributed by atoms with van der Waals surface area (Å²) in [5.41, 5.74) is 1.64. The van der Waals surface area contributed by atoms with Crippen molar-refractivity contribution in [2.75, 3.05) is 6.54 Å². The Morgan fingerprint density at radius 3 is 2.67 bits per heavy atom. The molecule has 0 aliphatic rings. The topological polar surface area (TPSA) is 32.3 Å². The molecule has 0 saturated carbocycles. The van der Waals surface area contributed by atoms with Crippen LogP contribution in [0.25, 0.3) is 0 Å². The first-order chi connectivity index (χ1) is 7.00. The van der Waals surface area contributed by atoms with E-state index < -0.39 is 6.43 Å². The van der Waals surface area contributed by atoms with Crippen molar-refractivity contribution in [3.8, 4) is 5.75 Å². The molecule has 1 aromatic rings. The van der Waals surface area contributed by atoms with Gasteiger partial charge in [0.2, 0.25) is 0 Å². The molecule has 0 fully saturated rings. The third-order valence-corrected chi connectivity index (χ3v) is 2.23. The second-order valence-electron chi connectivity index (χ2n) is 3.58. The molecule has 0 heterocycles. The summed E-state index contributed by atoms with van der Waals surface area (Å²) in [4.78, 5) is 0. The molecule has 1 atom stereocenters. The SMILES string of the molecule is Cc1ccc(O)c(C(C)NCC(F)F)c1. The highest BCUT2D eigenvalue weighted by atomic mass is 19.3. The largest absolute Gasteiger partial charge is 0.508 e. The molecule has 0 amide bonds. The average Bonchev–Trinajstić information content (AvgIpc) is 2.18. The van der Waals surface area contributed by atoms with Crippen molar-refractivity contribution in [1.82, 2.24) is 5.32 Å². The number of halogens is 2. The van der Waals surface area contributed by atoms with E-state index in [9.17, 15) is 13.9 Å². The van der Waals surface area contributed by atoms with Crippen LogP contribution < -0.4 is 5.32 Å². The van der Waals surface area contributed by atoms with Crippen LogP contribution in [0.3, 0.4) is 0 Å². The lowest BCUT2D eigenvalue weighted by Crippen LogP contribution is -2.24. The van der Waals surface area contributed by atoms with Crippen molar-refractivity contribution < 1.29 is 13.9 Å². The van der Waals surface area contributed by atoms with Gasteiger partial charge in [0.15, 0.2) is 0 Å². The Bertz CT molecular complexity index is 328. The molecule has 0 saturated heterocycles. The van der Waals surface area contributed by atoms with Crippen LogP contribution in [0, 0.1) is 6.92 Å². The fourth-order valence-electron chi connectivity index (χ4n) is 1.40. The fourth-order valence-corrected chi connectivity index (χ4v) is 1.40. The number of alkyl halides is 2. The van der Waals surface area contributed by atoms with Gasteiger partial charge in [-0.05, 0) is 19.9 Å². The third kappa shape index (κ3) is 3.47. The lowest BCUT2D eigenvalue weighted by atomic mass is 10.0. The summed E-state index contributed by atoms with van der Waals surface area (Å²) in [7, 11) is 0. The van der Waals surface area contributed by atoms with Gasteiger partial charge in [-0.3, -0.25) is 0 Å². The Kier molecular flexibility index (Phi) is 4.03. The normalized spacial score (nSPS) is 13.1. The van der Waals surface area contributed by atoms with Crippen LogP contribution in [0.2, 0.25) is 0 Å². The Balaban J connectivity index is 2.72. The standard InChI is InChI=1S/C11H15F2NO/c1-7-3-4-10(15)9(5-7)8(2)14-6-11(12)13/h3-5,8,11,14-15H,6H2,1-2H3. The Labute approximate surface area is 87.9 Å². The summed E-state index contributed by atoms with van der Waals surface area (Å²) in [5.74, 6) is 0.134. The molecule has 0 aromatic heterocycles. The first-order valence-electron chi connectivity index (χ1n) is 4.81. The Morgan fingerprint density at radius 2 is 2.07 bits per heavy atom. The predicted octanol–water partition coefficient (Wildman–Crippen LogP) is 2.62. The average molecular weight is 215 g/mol. The number of phenols is 1. The number of benzene rings is 1. The molecule has 1 rings (SSSR count). The molecule has 1 unspecified atom stereocenters. The zero-order chi connectivity index (χ0) is 11.4. The van der Waals surface area contributed by atoms with E-state index in [1.54, 1.807) is 25.1 Å². The summed E-state index contributed by atoms with van der Waals surface area (Å²) < 4.78 is 23.9. The number of hydrogen-bond donors (Lipinski definition) is 2.